The smallest absolute Gasteiger partial charge is 0.233 e. The first kappa shape index (κ1) is 14.3. The number of anilines is 1. The summed E-state index contributed by atoms with van der Waals surface area (Å²) in [5.41, 5.74) is 1.26. The Labute approximate surface area is 147 Å². The number of fused-ring (bicyclic) bond motifs is 3. The lowest BCUT2D eigenvalue weighted by atomic mass is 9.62. The van der Waals surface area contributed by atoms with Crippen LogP contribution >= 0.6 is 0 Å². The van der Waals surface area contributed by atoms with Crippen LogP contribution in [0.3, 0.4) is 0 Å². The molecule has 1 aliphatic carbocycles. The largest absolute Gasteiger partial charge is 0.631 e. The molecule has 1 aromatic carbocycles. The summed E-state index contributed by atoms with van der Waals surface area (Å²) in [5, 5.41) is 14.1. The van der Waals surface area contributed by atoms with Crippen LogP contribution in [0.25, 0.3) is 0 Å². The standard InChI is InChI=1S/C20H22N2O3/c1-25-13-3-4-15-14-6-10-22(24)9-2-7-19-8-5-16(14)20(19,22)21(17(15)11-13)18(23)12-19/h2-4,7,11,14,16H,5-6,8-10,12H2,1H3/t14-,16+,19-,20+,22-/m1/s1. The van der Waals surface area contributed by atoms with Gasteiger partial charge in [-0.3, -0.25) is 9.69 Å². The normalized spacial score (nSPS) is 45.4. The number of quaternary nitrogens is 1. The van der Waals surface area contributed by atoms with E-state index in [1.165, 1.54) is 5.56 Å². The molecule has 0 aromatic heterocycles. The second-order valence-corrected chi connectivity index (χ2v) is 8.45. The van der Waals surface area contributed by atoms with E-state index in [4.69, 9.17) is 4.74 Å². The number of rotatable bonds is 1. The van der Waals surface area contributed by atoms with Crippen LogP contribution in [-0.2, 0) is 4.79 Å². The van der Waals surface area contributed by atoms with Crippen molar-refractivity contribution in [3.05, 3.63) is 41.1 Å². The SMILES string of the molecule is COc1ccc2c(c1)N1C(=O)C[C@@]34C=CC[N@@+]5([O-])CC[C@H]2[C@H](CC3)[C@@]145. The van der Waals surface area contributed by atoms with Crippen LogP contribution in [0, 0.1) is 16.5 Å². The molecule has 3 fully saturated rings. The molecule has 2 bridgehead atoms. The summed E-state index contributed by atoms with van der Waals surface area (Å²) in [6.07, 6.45) is 7.69. The molecule has 5 aliphatic rings. The molecule has 0 unspecified atom stereocenters. The van der Waals surface area contributed by atoms with Gasteiger partial charge in [0.15, 0.2) is 5.66 Å². The Morgan fingerprint density at radius 3 is 3.08 bits per heavy atom. The van der Waals surface area contributed by atoms with Crippen molar-refractivity contribution in [3.63, 3.8) is 0 Å². The first-order chi connectivity index (χ1) is 12.1. The quantitative estimate of drug-likeness (QED) is 0.449. The lowest BCUT2D eigenvalue weighted by Gasteiger charge is -2.69. The van der Waals surface area contributed by atoms with Crippen LogP contribution in [0.2, 0.25) is 0 Å². The predicted octanol–water partition coefficient (Wildman–Crippen LogP) is 2.91. The molecule has 5 nitrogen and oxygen atoms in total. The molecule has 25 heavy (non-hydrogen) atoms. The Hall–Kier alpha value is -1.85. The second-order valence-electron chi connectivity index (χ2n) is 8.45. The zero-order valence-electron chi connectivity index (χ0n) is 14.4. The molecular formula is C20H22N2O3. The highest BCUT2D eigenvalue weighted by Gasteiger charge is 2.80. The maximum absolute atomic E-state index is 14.1. The van der Waals surface area contributed by atoms with Gasteiger partial charge in [0.2, 0.25) is 5.91 Å². The van der Waals surface area contributed by atoms with Crippen LogP contribution in [0.4, 0.5) is 5.69 Å². The Balaban J connectivity index is 1.72. The molecule has 1 saturated carbocycles. The molecule has 1 amide bonds. The van der Waals surface area contributed by atoms with Crippen molar-refractivity contribution in [2.45, 2.75) is 37.3 Å². The number of carbonyl (C=O) groups is 1. The Kier molecular flexibility index (Phi) is 2.35. The highest BCUT2D eigenvalue weighted by atomic mass is 16.6. The zero-order valence-corrected chi connectivity index (χ0v) is 14.4. The molecular weight excluding hydrogens is 316 g/mol. The lowest BCUT2D eigenvalue weighted by molar-refractivity contribution is -0.944. The molecule has 130 valence electrons. The Morgan fingerprint density at radius 2 is 2.24 bits per heavy atom. The third-order valence-corrected chi connectivity index (χ3v) is 7.83. The Bertz CT molecular complexity index is 851. The minimum absolute atomic E-state index is 0.115. The molecule has 4 aliphatic heterocycles. The third kappa shape index (κ3) is 1.27. The average Bonchev–Trinajstić information content (AvgIpc) is 3.07. The van der Waals surface area contributed by atoms with Gasteiger partial charge in [-0.2, -0.15) is 0 Å². The molecule has 5 heteroatoms. The number of nitrogens with zero attached hydrogens (tertiary/aromatic N) is 2. The maximum Gasteiger partial charge on any atom is 0.233 e. The number of amides is 1. The lowest BCUT2D eigenvalue weighted by Crippen LogP contribution is -2.79. The fourth-order valence-corrected chi connectivity index (χ4v) is 7.20. The molecule has 0 radical (unpaired) electrons. The van der Waals surface area contributed by atoms with E-state index in [9.17, 15) is 10.0 Å². The predicted molar refractivity (Wildman–Crippen MR) is 92.8 cm³/mol. The monoisotopic (exact) mass is 338 g/mol. The summed E-state index contributed by atoms with van der Waals surface area (Å²) in [7, 11) is 1.65. The first-order valence-electron chi connectivity index (χ1n) is 9.33. The first-order valence-corrected chi connectivity index (χ1v) is 9.33. The van der Waals surface area contributed by atoms with Gasteiger partial charge in [-0.1, -0.05) is 12.1 Å². The van der Waals surface area contributed by atoms with Gasteiger partial charge in [-0.05, 0) is 30.5 Å². The van der Waals surface area contributed by atoms with Gasteiger partial charge >= 0.3 is 0 Å². The fraction of sp³-hybridized carbons (Fsp3) is 0.550. The summed E-state index contributed by atoms with van der Waals surface area (Å²) in [5.74, 6) is 1.53. The number of ether oxygens (including phenoxy) is 1. The van der Waals surface area contributed by atoms with Gasteiger partial charge in [-0.25, -0.2) is 0 Å². The van der Waals surface area contributed by atoms with E-state index in [0.29, 0.717) is 25.4 Å². The summed E-state index contributed by atoms with van der Waals surface area (Å²) in [4.78, 5) is 15.2. The van der Waals surface area contributed by atoms with Gasteiger partial charge in [0.1, 0.15) is 5.75 Å². The summed E-state index contributed by atoms with van der Waals surface area (Å²) >= 11 is 0. The van der Waals surface area contributed by atoms with Crippen LogP contribution in [-0.4, -0.2) is 36.4 Å². The van der Waals surface area contributed by atoms with E-state index in [1.807, 2.05) is 17.0 Å². The minimum atomic E-state index is -0.624. The number of benzene rings is 1. The average molecular weight is 338 g/mol. The second kappa shape index (κ2) is 4.10. The van der Waals surface area contributed by atoms with E-state index < -0.39 is 5.66 Å². The van der Waals surface area contributed by atoms with Crippen molar-refractivity contribution in [3.8, 4) is 5.75 Å². The van der Waals surface area contributed by atoms with Gasteiger partial charge in [0, 0.05) is 30.7 Å². The number of hydrogen-bond donors (Lipinski definition) is 0. The molecule has 6 rings (SSSR count). The molecule has 1 aromatic rings. The number of piperidine rings is 1. The van der Waals surface area contributed by atoms with Gasteiger partial charge in [0.05, 0.1) is 31.3 Å². The van der Waals surface area contributed by atoms with Crippen LogP contribution in [0.5, 0.6) is 5.75 Å². The number of carbonyl (C=O) groups excluding carboxylic acids is 1. The number of methoxy groups -OCH3 is 1. The maximum atomic E-state index is 14.1. The summed E-state index contributed by atoms with van der Waals surface area (Å²) in [6, 6.07) is 6.10. The van der Waals surface area contributed by atoms with E-state index in [2.05, 4.69) is 18.2 Å². The molecule has 2 saturated heterocycles. The van der Waals surface area contributed by atoms with E-state index in [-0.39, 0.29) is 21.9 Å². The van der Waals surface area contributed by atoms with Crippen LogP contribution in [0.1, 0.15) is 37.2 Å². The zero-order chi connectivity index (χ0) is 17.0. The van der Waals surface area contributed by atoms with Crippen LogP contribution in [0.15, 0.2) is 30.4 Å². The van der Waals surface area contributed by atoms with Crippen molar-refractivity contribution < 1.29 is 14.2 Å². The van der Waals surface area contributed by atoms with Crippen molar-refractivity contribution in [2.75, 3.05) is 25.1 Å². The summed E-state index contributed by atoms with van der Waals surface area (Å²) in [6.45, 7) is 1.11. The number of hydroxylamine groups is 3. The highest BCUT2D eigenvalue weighted by molar-refractivity contribution is 6.01. The van der Waals surface area contributed by atoms with E-state index >= 15 is 0 Å². The Morgan fingerprint density at radius 1 is 1.36 bits per heavy atom. The van der Waals surface area contributed by atoms with Crippen molar-refractivity contribution in [2.24, 2.45) is 11.3 Å². The molecule has 4 heterocycles. The molecule has 0 N–H and O–H groups in total. The van der Waals surface area contributed by atoms with Gasteiger partial charge in [-0.15, -0.1) is 0 Å². The van der Waals surface area contributed by atoms with Gasteiger partial charge < -0.3 is 14.6 Å². The van der Waals surface area contributed by atoms with E-state index in [1.54, 1.807) is 7.11 Å². The summed E-state index contributed by atoms with van der Waals surface area (Å²) < 4.78 is 5.19. The fourth-order valence-electron chi connectivity index (χ4n) is 7.20. The third-order valence-electron chi connectivity index (χ3n) is 7.83. The minimum Gasteiger partial charge on any atom is -0.631 e. The van der Waals surface area contributed by atoms with Crippen LogP contribution < -0.4 is 9.64 Å². The van der Waals surface area contributed by atoms with Crippen molar-refractivity contribution in [1.29, 1.82) is 0 Å². The molecule has 5 atom stereocenters. The van der Waals surface area contributed by atoms with Crippen molar-refractivity contribution >= 4 is 11.6 Å². The highest BCUT2D eigenvalue weighted by Crippen LogP contribution is 2.73. The molecule has 1 spiro atoms. The topological polar surface area (TPSA) is 52.6 Å². The van der Waals surface area contributed by atoms with E-state index in [0.717, 1.165) is 30.7 Å². The number of hydrogen-bond acceptors (Lipinski definition) is 3. The van der Waals surface area contributed by atoms with Gasteiger partial charge in [0.25, 0.3) is 0 Å². The van der Waals surface area contributed by atoms with Crippen molar-refractivity contribution in [1.82, 2.24) is 0 Å².